The third-order valence-corrected chi connectivity index (χ3v) is 4.64. The van der Waals surface area contributed by atoms with E-state index in [9.17, 15) is 24.3 Å². The monoisotopic (exact) mass is 492 g/mol. The van der Waals surface area contributed by atoms with E-state index in [-0.39, 0.29) is 25.0 Å². The van der Waals surface area contributed by atoms with Crippen molar-refractivity contribution >= 4 is 24.1 Å². The number of alkyl carbamates (subject to hydrolysis) is 2. The van der Waals surface area contributed by atoms with E-state index in [1.165, 1.54) is 6.08 Å². The first kappa shape index (κ1) is 29.5. The van der Waals surface area contributed by atoms with Crippen LogP contribution in [0.15, 0.2) is 42.0 Å². The van der Waals surface area contributed by atoms with E-state index >= 15 is 0 Å². The number of esters is 1. The molecule has 3 N–H and O–H groups in total. The van der Waals surface area contributed by atoms with Crippen molar-refractivity contribution in [2.24, 2.45) is 0 Å². The van der Waals surface area contributed by atoms with Crippen molar-refractivity contribution in [3.05, 3.63) is 47.5 Å². The third-order valence-electron chi connectivity index (χ3n) is 4.64. The summed E-state index contributed by atoms with van der Waals surface area (Å²) < 4.78 is 15.0. The fourth-order valence-electron chi connectivity index (χ4n) is 2.91. The van der Waals surface area contributed by atoms with Crippen LogP contribution in [0.1, 0.15) is 53.0 Å². The molecule has 1 atom stereocenters. The van der Waals surface area contributed by atoms with Crippen LogP contribution in [0.4, 0.5) is 9.59 Å². The summed E-state index contributed by atoms with van der Waals surface area (Å²) in [5.74, 6) is -2.09. The highest BCUT2D eigenvalue weighted by Crippen LogP contribution is 2.16. The van der Waals surface area contributed by atoms with Crippen LogP contribution < -0.4 is 10.6 Å². The number of aliphatic carboxylic acids is 1. The highest BCUT2D eigenvalue weighted by atomic mass is 16.6. The predicted molar refractivity (Wildman–Crippen MR) is 129 cm³/mol. The van der Waals surface area contributed by atoms with Crippen LogP contribution in [0.25, 0.3) is 0 Å². The van der Waals surface area contributed by atoms with Crippen molar-refractivity contribution in [3.8, 4) is 0 Å². The zero-order chi connectivity index (χ0) is 26.6. The average molecular weight is 493 g/mol. The quantitative estimate of drug-likeness (QED) is 0.242. The fourth-order valence-corrected chi connectivity index (χ4v) is 2.91. The molecule has 0 spiro atoms. The second-order valence-electron chi connectivity index (χ2n) is 9.55. The van der Waals surface area contributed by atoms with Gasteiger partial charge in [0.05, 0.1) is 13.7 Å². The minimum absolute atomic E-state index is 0.128. The van der Waals surface area contributed by atoms with Gasteiger partial charge in [-0.2, -0.15) is 0 Å². The molecular weight excluding hydrogens is 456 g/mol. The Bertz CT molecular complexity index is 904. The molecule has 35 heavy (non-hydrogen) atoms. The Balaban J connectivity index is 2.75. The molecule has 0 aliphatic heterocycles. The van der Waals surface area contributed by atoms with Gasteiger partial charge in [0.2, 0.25) is 0 Å². The molecule has 10 nitrogen and oxygen atoms in total. The Labute approximate surface area is 206 Å². The van der Waals surface area contributed by atoms with Gasteiger partial charge >= 0.3 is 24.1 Å². The van der Waals surface area contributed by atoms with Crippen LogP contribution in [0.5, 0.6) is 0 Å². The number of nitrogens with one attached hydrogen (secondary N) is 2. The molecule has 0 heterocycles. The number of methoxy groups -OCH3 is 1. The molecule has 0 saturated heterocycles. The number of carbonyl (C=O) groups is 4. The van der Waals surface area contributed by atoms with Crippen LogP contribution in [-0.4, -0.2) is 60.1 Å². The number of ether oxygens (including phenoxy) is 3. The Morgan fingerprint density at radius 2 is 1.66 bits per heavy atom. The number of amides is 2. The lowest BCUT2D eigenvalue weighted by molar-refractivity contribution is -0.143. The zero-order valence-electron chi connectivity index (χ0n) is 21.2. The van der Waals surface area contributed by atoms with E-state index in [0.29, 0.717) is 6.42 Å². The molecule has 10 heteroatoms. The molecule has 1 aromatic carbocycles. The molecule has 1 aromatic rings. The second kappa shape index (κ2) is 13.4. The number of carbonyl (C=O) groups excluding carboxylic acids is 3. The zero-order valence-corrected chi connectivity index (χ0v) is 21.2. The summed E-state index contributed by atoms with van der Waals surface area (Å²) in [6, 6.07) is 8.30. The van der Waals surface area contributed by atoms with E-state index in [0.717, 1.165) is 12.7 Å². The summed E-state index contributed by atoms with van der Waals surface area (Å²) in [7, 11) is 1.13. The molecule has 0 bridgehead atoms. The lowest BCUT2D eigenvalue weighted by Crippen LogP contribution is -2.45. The normalized spacial score (nSPS) is 12.8. The van der Waals surface area contributed by atoms with Gasteiger partial charge in [-0.15, -0.1) is 0 Å². The lowest BCUT2D eigenvalue weighted by atomic mass is 9.96. The SMILES string of the molecule is COC(=O)[C@H](C/C(=C/CC(C)(C)NC(=O)OCCc1ccccc1)C(=O)O)NC(=O)OC(C)(C)C. The van der Waals surface area contributed by atoms with Gasteiger partial charge in [-0.05, 0) is 46.6 Å². The molecule has 1 rings (SSSR count). The predicted octanol–water partition coefficient (Wildman–Crippen LogP) is 3.59. The van der Waals surface area contributed by atoms with Crippen LogP contribution in [0, 0.1) is 0 Å². The maximum atomic E-state index is 12.2. The van der Waals surface area contributed by atoms with Gasteiger partial charge < -0.3 is 30.0 Å². The second-order valence-corrected chi connectivity index (χ2v) is 9.55. The van der Waals surface area contributed by atoms with Crippen molar-refractivity contribution in [2.75, 3.05) is 13.7 Å². The number of hydrogen-bond donors (Lipinski definition) is 3. The van der Waals surface area contributed by atoms with Crippen LogP contribution in [0.3, 0.4) is 0 Å². The van der Waals surface area contributed by atoms with Crippen molar-refractivity contribution < 1.29 is 38.5 Å². The number of carboxylic acids is 1. The molecule has 0 aliphatic carbocycles. The topological polar surface area (TPSA) is 140 Å². The van der Waals surface area contributed by atoms with E-state index in [4.69, 9.17) is 9.47 Å². The van der Waals surface area contributed by atoms with Gasteiger partial charge in [-0.3, -0.25) is 0 Å². The summed E-state index contributed by atoms with van der Waals surface area (Å²) in [4.78, 5) is 48.2. The van der Waals surface area contributed by atoms with Crippen molar-refractivity contribution in [2.45, 2.75) is 71.1 Å². The van der Waals surface area contributed by atoms with Crippen LogP contribution >= 0.6 is 0 Å². The minimum Gasteiger partial charge on any atom is -0.478 e. The summed E-state index contributed by atoms with van der Waals surface area (Å²) >= 11 is 0. The van der Waals surface area contributed by atoms with Crippen LogP contribution in [-0.2, 0) is 30.2 Å². The van der Waals surface area contributed by atoms with Crippen molar-refractivity contribution in [3.63, 3.8) is 0 Å². The Hall–Kier alpha value is -3.56. The molecule has 0 aromatic heterocycles. The van der Waals surface area contributed by atoms with E-state index in [2.05, 4.69) is 15.4 Å². The first-order valence-corrected chi connectivity index (χ1v) is 11.2. The fraction of sp³-hybridized carbons (Fsp3) is 0.520. The number of carboxylic acid groups (broad SMARTS) is 1. The third kappa shape index (κ3) is 12.5. The number of benzene rings is 1. The van der Waals surface area contributed by atoms with Gasteiger partial charge in [0.25, 0.3) is 0 Å². The first-order valence-electron chi connectivity index (χ1n) is 11.2. The summed E-state index contributed by atoms with van der Waals surface area (Å²) in [6.07, 6.45) is 0.242. The van der Waals surface area contributed by atoms with E-state index < -0.39 is 41.3 Å². The molecule has 0 saturated carbocycles. The van der Waals surface area contributed by atoms with Crippen molar-refractivity contribution in [1.29, 1.82) is 0 Å². The summed E-state index contributed by atoms with van der Waals surface area (Å²) in [5.41, 5.74) is -0.747. The summed E-state index contributed by atoms with van der Waals surface area (Å²) in [6.45, 7) is 8.58. The Kier molecular flexibility index (Phi) is 11.2. The Morgan fingerprint density at radius 1 is 1.03 bits per heavy atom. The molecule has 0 aliphatic rings. The molecule has 0 unspecified atom stereocenters. The van der Waals surface area contributed by atoms with E-state index in [1.54, 1.807) is 34.6 Å². The maximum absolute atomic E-state index is 12.2. The first-order chi connectivity index (χ1) is 16.2. The van der Waals surface area contributed by atoms with Gasteiger partial charge in [-0.1, -0.05) is 36.4 Å². The maximum Gasteiger partial charge on any atom is 0.408 e. The van der Waals surface area contributed by atoms with Crippen molar-refractivity contribution in [1.82, 2.24) is 10.6 Å². The smallest absolute Gasteiger partial charge is 0.408 e. The number of hydrogen-bond acceptors (Lipinski definition) is 7. The van der Waals surface area contributed by atoms with Crippen LogP contribution in [0.2, 0.25) is 0 Å². The largest absolute Gasteiger partial charge is 0.478 e. The van der Waals surface area contributed by atoms with E-state index in [1.807, 2.05) is 30.3 Å². The highest BCUT2D eigenvalue weighted by molar-refractivity contribution is 5.89. The van der Waals surface area contributed by atoms with Gasteiger partial charge in [-0.25, -0.2) is 19.2 Å². The number of rotatable bonds is 11. The summed E-state index contributed by atoms with van der Waals surface area (Å²) in [5, 5.41) is 14.7. The minimum atomic E-state index is -1.27. The molecule has 194 valence electrons. The molecule has 0 radical (unpaired) electrons. The molecule has 0 fully saturated rings. The molecular formula is C25H36N2O8. The molecule has 2 amide bonds. The van der Waals surface area contributed by atoms with Gasteiger partial charge in [0.15, 0.2) is 0 Å². The standard InChI is InChI=1S/C25H36N2O8/c1-24(2,3)35-22(31)26-19(21(30)33-6)16-18(20(28)29)12-14-25(4,5)27-23(32)34-15-13-17-10-8-7-9-11-17/h7-12,19H,13-16H2,1-6H3,(H,26,31)(H,27,32)(H,28,29)/b18-12-/t19-/m0/s1. The lowest BCUT2D eigenvalue weighted by Gasteiger charge is -2.25. The average Bonchev–Trinajstić information content (AvgIpc) is 2.74. The van der Waals surface area contributed by atoms with Gasteiger partial charge in [0, 0.05) is 24.0 Å². The Morgan fingerprint density at radius 3 is 2.20 bits per heavy atom. The van der Waals surface area contributed by atoms with Gasteiger partial charge in [0.1, 0.15) is 11.6 Å². The highest BCUT2D eigenvalue weighted by Gasteiger charge is 2.28.